The third kappa shape index (κ3) is 4.44. The number of hydrogen-bond donors (Lipinski definition) is 2. The molecule has 2 N–H and O–H groups in total. The normalized spacial score (nSPS) is 17.4. The number of nitrogens with one attached hydrogen (secondary N) is 2. The fourth-order valence-electron chi connectivity index (χ4n) is 4.21. The van der Waals surface area contributed by atoms with E-state index in [9.17, 15) is 10.1 Å². The maximum atomic E-state index is 13.1. The molecule has 0 bridgehead atoms. The number of nitrogens with zero attached hydrogens (tertiary/aromatic N) is 5. The summed E-state index contributed by atoms with van der Waals surface area (Å²) in [5.41, 5.74) is 2.67. The number of rotatable bonds is 4. The Morgan fingerprint density at radius 1 is 1.26 bits per heavy atom. The van der Waals surface area contributed by atoms with Crippen LogP contribution in [-0.4, -0.2) is 48.3 Å². The van der Waals surface area contributed by atoms with Crippen molar-refractivity contribution in [1.29, 1.82) is 5.26 Å². The van der Waals surface area contributed by atoms with E-state index in [4.69, 9.17) is 27.9 Å². The van der Waals surface area contributed by atoms with Crippen LogP contribution in [0.3, 0.4) is 0 Å². The van der Waals surface area contributed by atoms with Crippen molar-refractivity contribution in [3.05, 3.63) is 63.8 Å². The van der Waals surface area contributed by atoms with Crippen molar-refractivity contribution in [3.63, 3.8) is 0 Å². The van der Waals surface area contributed by atoms with Gasteiger partial charge >= 0.3 is 0 Å². The Bertz CT molecular complexity index is 1320. The minimum absolute atomic E-state index is 0.0953. The van der Waals surface area contributed by atoms with E-state index >= 15 is 0 Å². The number of ether oxygens (including phenoxy) is 1. The van der Waals surface area contributed by atoms with Crippen LogP contribution in [0.5, 0.6) is 5.88 Å². The summed E-state index contributed by atoms with van der Waals surface area (Å²) in [5, 5.41) is 16.9. The van der Waals surface area contributed by atoms with Crippen molar-refractivity contribution in [3.8, 4) is 11.9 Å². The summed E-state index contributed by atoms with van der Waals surface area (Å²) in [7, 11) is 0. The Labute approximate surface area is 212 Å². The average molecular weight is 510 g/mol. The second-order valence-corrected chi connectivity index (χ2v) is 9.02. The zero-order chi connectivity index (χ0) is 24.5. The highest BCUT2D eigenvalue weighted by Crippen LogP contribution is 2.37. The van der Waals surface area contributed by atoms with Crippen molar-refractivity contribution < 1.29 is 9.53 Å². The lowest BCUT2D eigenvalue weighted by Gasteiger charge is -2.36. The molecule has 0 radical (unpaired) electrons. The van der Waals surface area contributed by atoms with Crippen LogP contribution < -0.4 is 25.2 Å². The Morgan fingerprint density at radius 3 is 2.80 bits per heavy atom. The van der Waals surface area contributed by atoms with Gasteiger partial charge in [0.15, 0.2) is 6.73 Å². The molecule has 3 aromatic rings. The minimum Gasteiger partial charge on any atom is -0.455 e. The lowest BCUT2D eigenvalue weighted by molar-refractivity contribution is 0.0932. The predicted octanol–water partition coefficient (Wildman–Crippen LogP) is 4.19. The third-order valence-electron chi connectivity index (χ3n) is 5.95. The fraction of sp³-hybridized carbons (Fsp3) is 0.250. The van der Waals surface area contributed by atoms with Gasteiger partial charge in [0.05, 0.1) is 27.0 Å². The maximum absolute atomic E-state index is 13.1. The second-order valence-electron chi connectivity index (χ2n) is 8.20. The first-order valence-electron chi connectivity index (χ1n) is 11.0. The molecule has 0 unspecified atom stereocenters. The van der Waals surface area contributed by atoms with E-state index in [0.717, 1.165) is 25.3 Å². The van der Waals surface area contributed by atoms with Gasteiger partial charge in [0.2, 0.25) is 11.8 Å². The molecule has 1 aromatic heterocycles. The Morgan fingerprint density at radius 2 is 2.06 bits per heavy atom. The third-order valence-corrected chi connectivity index (χ3v) is 6.56. The molecule has 0 saturated carbocycles. The molecule has 9 nitrogen and oxygen atoms in total. The standard InChI is InChI=1S/C24H21Cl2N7O2/c1-14-11-28-7-8-32(14)20-6-5-16(9-15(20)10-27)30-24-29-12-17-22(31-24)35-13-33(23(17)34)21-18(25)3-2-4-19(21)26/h2-6,9,12,14,28H,7-8,11,13H2,1H3,(H,29,30,31)/t14-/m1/s1. The molecule has 1 saturated heterocycles. The molecule has 1 amide bonds. The Balaban J connectivity index is 1.37. The summed E-state index contributed by atoms with van der Waals surface area (Å²) >= 11 is 12.5. The summed E-state index contributed by atoms with van der Waals surface area (Å²) in [5.74, 6) is 0.0284. The molecule has 2 aromatic carbocycles. The molecule has 178 valence electrons. The van der Waals surface area contributed by atoms with Crippen molar-refractivity contribution in [2.45, 2.75) is 13.0 Å². The molecular weight excluding hydrogens is 489 g/mol. The van der Waals surface area contributed by atoms with Crippen molar-refractivity contribution in [2.75, 3.05) is 41.5 Å². The number of para-hydroxylation sites is 1. The van der Waals surface area contributed by atoms with Gasteiger partial charge in [-0.2, -0.15) is 10.2 Å². The average Bonchev–Trinajstić information content (AvgIpc) is 2.85. The van der Waals surface area contributed by atoms with Gasteiger partial charge in [-0.3, -0.25) is 9.69 Å². The van der Waals surface area contributed by atoms with E-state index in [1.54, 1.807) is 24.3 Å². The quantitative estimate of drug-likeness (QED) is 0.538. The number of fused-ring (bicyclic) bond motifs is 1. The number of nitriles is 1. The SMILES string of the molecule is C[C@@H]1CNCCN1c1ccc(Nc2ncc3c(n2)OCN(c2c(Cl)cccc2Cl)C3=O)cc1C#N. The highest BCUT2D eigenvalue weighted by atomic mass is 35.5. The first-order valence-corrected chi connectivity index (χ1v) is 11.8. The molecule has 35 heavy (non-hydrogen) atoms. The van der Waals surface area contributed by atoms with Crippen LogP contribution in [0.15, 0.2) is 42.6 Å². The minimum atomic E-state index is -0.367. The Kier molecular flexibility index (Phi) is 6.34. The first-order chi connectivity index (χ1) is 17.0. The second kappa shape index (κ2) is 9.58. The molecule has 1 atom stereocenters. The van der Waals surface area contributed by atoms with Gasteiger partial charge in [-0.25, -0.2) is 4.98 Å². The van der Waals surface area contributed by atoms with Crippen molar-refractivity contribution in [1.82, 2.24) is 15.3 Å². The molecule has 5 rings (SSSR count). The number of anilines is 4. The molecule has 3 heterocycles. The van der Waals surface area contributed by atoms with Gasteiger partial charge in [-0.1, -0.05) is 29.3 Å². The summed E-state index contributed by atoms with van der Waals surface area (Å²) in [6.45, 7) is 4.60. The number of piperazine rings is 1. The van der Waals surface area contributed by atoms with Gasteiger partial charge in [-0.05, 0) is 37.3 Å². The number of aromatic nitrogens is 2. The van der Waals surface area contributed by atoms with E-state index < -0.39 is 0 Å². The van der Waals surface area contributed by atoms with E-state index in [1.165, 1.54) is 11.1 Å². The van der Waals surface area contributed by atoms with Crippen molar-refractivity contribution in [2.24, 2.45) is 0 Å². The van der Waals surface area contributed by atoms with Crippen LogP contribution in [0.1, 0.15) is 22.8 Å². The van der Waals surface area contributed by atoms with Crippen LogP contribution in [0, 0.1) is 11.3 Å². The molecule has 2 aliphatic heterocycles. The highest BCUT2D eigenvalue weighted by Gasteiger charge is 2.31. The molecule has 0 aliphatic carbocycles. The maximum Gasteiger partial charge on any atom is 0.268 e. The topological polar surface area (TPSA) is 106 Å². The summed E-state index contributed by atoms with van der Waals surface area (Å²) in [6.07, 6.45) is 1.39. The predicted molar refractivity (Wildman–Crippen MR) is 135 cm³/mol. The summed E-state index contributed by atoms with van der Waals surface area (Å²) < 4.78 is 5.74. The van der Waals surface area contributed by atoms with Gasteiger partial charge in [0.25, 0.3) is 5.91 Å². The van der Waals surface area contributed by atoms with Gasteiger partial charge in [-0.15, -0.1) is 0 Å². The van der Waals surface area contributed by atoms with Crippen LogP contribution >= 0.6 is 23.2 Å². The zero-order valence-corrected chi connectivity index (χ0v) is 20.3. The molecule has 1 fully saturated rings. The first kappa shape index (κ1) is 23.2. The fourth-order valence-corrected chi connectivity index (χ4v) is 4.81. The number of hydrogen-bond acceptors (Lipinski definition) is 8. The van der Waals surface area contributed by atoms with Gasteiger partial charge in [0.1, 0.15) is 11.6 Å². The number of carbonyl (C=O) groups excluding carboxylic acids is 1. The summed E-state index contributed by atoms with van der Waals surface area (Å²) in [4.78, 5) is 25.3. The van der Waals surface area contributed by atoms with Crippen LogP contribution in [0.4, 0.5) is 23.0 Å². The molecule has 0 spiro atoms. The van der Waals surface area contributed by atoms with E-state index in [2.05, 4.69) is 38.5 Å². The lowest BCUT2D eigenvalue weighted by Crippen LogP contribution is -2.50. The van der Waals surface area contributed by atoms with Crippen LogP contribution in [0.25, 0.3) is 0 Å². The van der Waals surface area contributed by atoms with Gasteiger partial charge in [0, 0.05) is 37.6 Å². The van der Waals surface area contributed by atoms with Crippen LogP contribution in [-0.2, 0) is 0 Å². The number of halogens is 2. The van der Waals surface area contributed by atoms with E-state index in [1.807, 2.05) is 12.1 Å². The van der Waals surface area contributed by atoms with Crippen LogP contribution in [0.2, 0.25) is 10.0 Å². The van der Waals surface area contributed by atoms with Gasteiger partial charge < -0.3 is 20.3 Å². The van der Waals surface area contributed by atoms with E-state index in [-0.39, 0.29) is 36.1 Å². The highest BCUT2D eigenvalue weighted by molar-refractivity contribution is 6.40. The number of carbonyl (C=O) groups is 1. The molecule has 11 heteroatoms. The van der Waals surface area contributed by atoms with E-state index in [0.29, 0.717) is 27.0 Å². The largest absolute Gasteiger partial charge is 0.455 e. The zero-order valence-electron chi connectivity index (χ0n) is 18.8. The summed E-state index contributed by atoms with van der Waals surface area (Å²) in [6, 6.07) is 13.1. The van der Waals surface area contributed by atoms with Crippen molar-refractivity contribution >= 4 is 52.1 Å². The molecular formula is C24H21Cl2N7O2. The smallest absolute Gasteiger partial charge is 0.268 e. The number of benzene rings is 2. The molecule has 2 aliphatic rings. The monoisotopic (exact) mass is 509 g/mol. The Hall–Kier alpha value is -3.58. The number of amides is 1. The lowest BCUT2D eigenvalue weighted by atomic mass is 10.1.